The van der Waals surface area contributed by atoms with Crippen LogP contribution < -0.4 is 0 Å². The SMILES string of the molecule is CC(C)C1C(C)C([N+](=O)[O-])([N+](=O)[O-])C1C. The number of rotatable bonds is 3. The van der Waals surface area contributed by atoms with Crippen LogP contribution in [0.3, 0.4) is 0 Å². The summed E-state index contributed by atoms with van der Waals surface area (Å²) < 4.78 is 0. The molecule has 0 aromatic carbocycles. The van der Waals surface area contributed by atoms with Gasteiger partial charge in [0.25, 0.3) is 0 Å². The summed E-state index contributed by atoms with van der Waals surface area (Å²) in [7, 11) is 0. The fraction of sp³-hybridized carbons (Fsp3) is 1.00. The molecule has 1 aliphatic carbocycles. The Balaban J connectivity index is 3.07. The lowest BCUT2D eigenvalue weighted by molar-refractivity contribution is -0.838. The highest BCUT2D eigenvalue weighted by Gasteiger charge is 2.78. The summed E-state index contributed by atoms with van der Waals surface area (Å²) in [5.74, 6) is -0.709. The van der Waals surface area contributed by atoms with Gasteiger partial charge in [-0.25, -0.2) is 0 Å². The first-order valence-corrected chi connectivity index (χ1v) is 5.06. The van der Waals surface area contributed by atoms with Gasteiger partial charge < -0.3 is 0 Å². The Labute approximate surface area is 88.0 Å². The lowest BCUT2D eigenvalue weighted by Gasteiger charge is -2.47. The molecule has 1 fully saturated rings. The Hall–Kier alpha value is -1.20. The zero-order chi connectivity index (χ0) is 12.0. The second kappa shape index (κ2) is 3.43. The molecule has 1 saturated carbocycles. The zero-order valence-corrected chi connectivity index (χ0v) is 9.34. The molecule has 0 aliphatic heterocycles. The van der Waals surface area contributed by atoms with Gasteiger partial charge in [-0.1, -0.05) is 13.8 Å². The first-order chi connectivity index (χ1) is 6.77. The predicted octanol–water partition coefficient (Wildman–Crippen LogP) is 1.79. The first kappa shape index (κ1) is 11.9. The Morgan fingerprint density at radius 1 is 1.07 bits per heavy atom. The third kappa shape index (κ3) is 1.23. The fourth-order valence-corrected chi connectivity index (χ4v) is 3.18. The van der Waals surface area contributed by atoms with Gasteiger partial charge in [0.1, 0.15) is 11.8 Å². The Morgan fingerprint density at radius 3 is 1.60 bits per heavy atom. The fourth-order valence-electron chi connectivity index (χ4n) is 3.18. The lowest BCUT2D eigenvalue weighted by Crippen LogP contribution is -2.70. The van der Waals surface area contributed by atoms with E-state index in [1.54, 1.807) is 13.8 Å². The van der Waals surface area contributed by atoms with E-state index in [1.165, 1.54) is 0 Å². The van der Waals surface area contributed by atoms with Crippen LogP contribution in [0.4, 0.5) is 0 Å². The monoisotopic (exact) mass is 216 g/mol. The molecular formula is C9H16N2O4. The molecule has 0 aromatic rings. The summed E-state index contributed by atoms with van der Waals surface area (Å²) in [6, 6.07) is 0. The largest absolute Gasteiger partial charge is 0.463 e. The average Bonchev–Trinajstić information content (AvgIpc) is 2.01. The summed E-state index contributed by atoms with van der Waals surface area (Å²) in [5, 5.41) is 21.8. The highest BCUT2D eigenvalue weighted by molar-refractivity contribution is 5.00. The third-order valence-electron chi connectivity index (χ3n) is 3.85. The predicted molar refractivity (Wildman–Crippen MR) is 53.4 cm³/mol. The van der Waals surface area contributed by atoms with Crippen molar-refractivity contribution in [3.63, 3.8) is 0 Å². The van der Waals surface area contributed by atoms with E-state index in [-0.39, 0.29) is 11.8 Å². The molecule has 0 aromatic heterocycles. The maximum absolute atomic E-state index is 10.9. The summed E-state index contributed by atoms with van der Waals surface area (Å²) >= 11 is 0. The van der Waals surface area contributed by atoms with Crippen molar-refractivity contribution in [2.45, 2.75) is 33.4 Å². The number of hydrogen-bond acceptors (Lipinski definition) is 4. The minimum Gasteiger partial charge on any atom is -0.258 e. The van der Waals surface area contributed by atoms with E-state index in [1.807, 2.05) is 13.8 Å². The smallest absolute Gasteiger partial charge is 0.258 e. The van der Waals surface area contributed by atoms with E-state index in [0.29, 0.717) is 0 Å². The Bertz CT molecular complexity index is 276. The van der Waals surface area contributed by atoms with Gasteiger partial charge in [-0.3, -0.25) is 20.2 Å². The molecule has 2 unspecified atom stereocenters. The molecule has 1 aliphatic rings. The van der Waals surface area contributed by atoms with E-state index in [2.05, 4.69) is 0 Å². The molecular weight excluding hydrogens is 200 g/mol. The standard InChI is InChI=1S/C9H16N2O4/c1-5(2)8-6(3)9(7(8)4,10(12)13)11(14)15/h5-8H,1-4H3. The summed E-state index contributed by atoms with van der Waals surface area (Å²) in [6.45, 7) is 7.11. The molecule has 6 heteroatoms. The molecule has 0 bridgehead atoms. The van der Waals surface area contributed by atoms with Crippen molar-refractivity contribution in [2.24, 2.45) is 23.7 Å². The van der Waals surface area contributed by atoms with Gasteiger partial charge in [0, 0.05) is 0 Å². The van der Waals surface area contributed by atoms with Crippen LogP contribution in [0.15, 0.2) is 0 Å². The van der Waals surface area contributed by atoms with Crippen molar-refractivity contribution in [3.05, 3.63) is 20.2 Å². The molecule has 0 spiro atoms. The highest BCUT2D eigenvalue weighted by Crippen LogP contribution is 2.54. The van der Waals surface area contributed by atoms with E-state index < -0.39 is 27.3 Å². The van der Waals surface area contributed by atoms with Crippen molar-refractivity contribution in [1.29, 1.82) is 0 Å². The lowest BCUT2D eigenvalue weighted by atomic mass is 9.54. The second-order valence-electron chi connectivity index (χ2n) is 4.70. The molecule has 6 nitrogen and oxygen atoms in total. The highest BCUT2D eigenvalue weighted by atomic mass is 16.7. The maximum atomic E-state index is 10.9. The van der Waals surface area contributed by atoms with Crippen molar-refractivity contribution < 1.29 is 9.85 Å². The van der Waals surface area contributed by atoms with Gasteiger partial charge in [0.05, 0.1) is 9.85 Å². The van der Waals surface area contributed by atoms with Crippen molar-refractivity contribution >= 4 is 0 Å². The Kier molecular flexibility index (Phi) is 2.71. The van der Waals surface area contributed by atoms with Gasteiger partial charge >= 0.3 is 5.66 Å². The number of nitrogens with zero attached hydrogens (tertiary/aromatic N) is 2. The average molecular weight is 216 g/mol. The molecule has 2 atom stereocenters. The van der Waals surface area contributed by atoms with Crippen LogP contribution in [-0.4, -0.2) is 15.5 Å². The van der Waals surface area contributed by atoms with Crippen LogP contribution in [0, 0.1) is 43.9 Å². The van der Waals surface area contributed by atoms with Crippen molar-refractivity contribution in [3.8, 4) is 0 Å². The van der Waals surface area contributed by atoms with Crippen LogP contribution in [-0.2, 0) is 0 Å². The van der Waals surface area contributed by atoms with Crippen LogP contribution in [0.25, 0.3) is 0 Å². The van der Waals surface area contributed by atoms with Crippen LogP contribution in [0.2, 0.25) is 0 Å². The summed E-state index contributed by atoms with van der Waals surface area (Å²) in [4.78, 5) is 20.4. The summed E-state index contributed by atoms with van der Waals surface area (Å²) in [6.07, 6.45) is 0. The number of hydrogen-bond donors (Lipinski definition) is 0. The van der Waals surface area contributed by atoms with E-state index in [0.717, 1.165) is 0 Å². The molecule has 15 heavy (non-hydrogen) atoms. The van der Waals surface area contributed by atoms with E-state index in [4.69, 9.17) is 0 Å². The van der Waals surface area contributed by atoms with Gasteiger partial charge in [-0.2, -0.15) is 0 Å². The van der Waals surface area contributed by atoms with E-state index >= 15 is 0 Å². The topological polar surface area (TPSA) is 86.3 Å². The van der Waals surface area contributed by atoms with Crippen LogP contribution in [0.5, 0.6) is 0 Å². The molecule has 1 rings (SSSR count). The third-order valence-corrected chi connectivity index (χ3v) is 3.85. The van der Waals surface area contributed by atoms with Gasteiger partial charge in [0.2, 0.25) is 0 Å². The molecule has 0 radical (unpaired) electrons. The second-order valence-corrected chi connectivity index (χ2v) is 4.70. The Morgan fingerprint density at radius 2 is 1.40 bits per heavy atom. The van der Waals surface area contributed by atoms with Crippen molar-refractivity contribution in [1.82, 2.24) is 0 Å². The normalized spacial score (nSPS) is 33.5. The minimum absolute atomic E-state index is 0.0563. The van der Waals surface area contributed by atoms with Gasteiger partial charge in [-0.05, 0) is 25.7 Å². The minimum atomic E-state index is -1.96. The maximum Gasteiger partial charge on any atom is 0.463 e. The molecule has 0 amide bonds. The summed E-state index contributed by atoms with van der Waals surface area (Å²) in [5.41, 5.74) is -1.96. The van der Waals surface area contributed by atoms with E-state index in [9.17, 15) is 20.2 Å². The molecule has 0 N–H and O–H groups in total. The van der Waals surface area contributed by atoms with Gasteiger partial charge in [-0.15, -0.1) is 0 Å². The van der Waals surface area contributed by atoms with Gasteiger partial charge in [0.15, 0.2) is 0 Å². The quantitative estimate of drug-likeness (QED) is 0.409. The molecule has 0 saturated heterocycles. The first-order valence-electron chi connectivity index (χ1n) is 5.06. The zero-order valence-electron chi connectivity index (χ0n) is 9.34. The van der Waals surface area contributed by atoms with Crippen molar-refractivity contribution in [2.75, 3.05) is 0 Å². The molecule has 0 heterocycles. The number of nitro groups is 2. The van der Waals surface area contributed by atoms with Crippen LogP contribution >= 0.6 is 0 Å². The van der Waals surface area contributed by atoms with Crippen LogP contribution in [0.1, 0.15) is 27.7 Å². The molecule has 86 valence electrons.